The van der Waals surface area contributed by atoms with E-state index in [0.717, 1.165) is 29.0 Å². The Morgan fingerprint density at radius 2 is 1.65 bits per heavy atom. The number of carbonyl (C=O) groups is 1. The van der Waals surface area contributed by atoms with Crippen molar-refractivity contribution in [3.8, 4) is 11.1 Å². The van der Waals surface area contributed by atoms with Crippen molar-refractivity contribution in [3.63, 3.8) is 0 Å². The van der Waals surface area contributed by atoms with E-state index < -0.39 is 26.4 Å². The molecule has 0 unspecified atom stereocenters. The molecule has 0 saturated carbocycles. The van der Waals surface area contributed by atoms with Gasteiger partial charge in [-0.2, -0.15) is 0 Å². The Hall–Kier alpha value is -3.72. The zero-order valence-corrected chi connectivity index (χ0v) is 17.5. The average molecular weight is 440 g/mol. The summed E-state index contributed by atoms with van der Waals surface area (Å²) in [5, 5.41) is 13.9. The van der Waals surface area contributed by atoms with E-state index in [1.807, 2.05) is 54.6 Å². The summed E-state index contributed by atoms with van der Waals surface area (Å²) in [6.07, 6.45) is 0.961. The van der Waals surface area contributed by atoms with E-state index in [0.29, 0.717) is 0 Å². The number of anilines is 1. The molecular formula is C22H20N2O6S. The highest BCUT2D eigenvalue weighted by molar-refractivity contribution is 7.90. The molecule has 3 rings (SSSR count). The third kappa shape index (κ3) is 5.89. The lowest BCUT2D eigenvalue weighted by Gasteiger charge is -2.09. The zero-order valence-electron chi connectivity index (χ0n) is 16.6. The van der Waals surface area contributed by atoms with E-state index in [2.05, 4.69) is 5.32 Å². The Bertz CT molecular complexity index is 1190. The second-order valence-electron chi connectivity index (χ2n) is 6.79. The molecule has 0 atom stereocenters. The lowest BCUT2D eigenvalue weighted by atomic mass is 10.0. The molecule has 0 aliphatic carbocycles. The smallest absolute Gasteiger partial charge is 0.325 e. The molecule has 0 aliphatic rings. The SMILES string of the molecule is CS(=O)(=O)c1ccc(NCC(=O)OCc2ccc(-c3ccccc3)cc2)c([N+](=O)[O-])c1. The van der Waals surface area contributed by atoms with Crippen LogP contribution in [-0.2, 0) is 26.0 Å². The topological polar surface area (TPSA) is 116 Å². The predicted molar refractivity (Wildman–Crippen MR) is 116 cm³/mol. The van der Waals surface area contributed by atoms with Crippen LogP contribution in [0.5, 0.6) is 0 Å². The first kappa shape index (κ1) is 22.0. The molecule has 1 N–H and O–H groups in total. The Labute approximate surface area is 179 Å². The molecule has 0 saturated heterocycles. The van der Waals surface area contributed by atoms with E-state index in [4.69, 9.17) is 4.74 Å². The molecule has 0 radical (unpaired) electrons. The van der Waals surface area contributed by atoms with Crippen molar-refractivity contribution in [2.24, 2.45) is 0 Å². The van der Waals surface area contributed by atoms with Crippen molar-refractivity contribution >= 4 is 27.2 Å². The number of nitrogens with one attached hydrogen (secondary N) is 1. The quantitative estimate of drug-likeness (QED) is 0.322. The molecule has 0 bridgehead atoms. The zero-order chi connectivity index (χ0) is 22.4. The van der Waals surface area contributed by atoms with Gasteiger partial charge < -0.3 is 10.1 Å². The van der Waals surface area contributed by atoms with Crippen LogP contribution in [0, 0.1) is 10.1 Å². The van der Waals surface area contributed by atoms with Gasteiger partial charge in [-0.3, -0.25) is 14.9 Å². The van der Waals surface area contributed by atoms with Gasteiger partial charge in [0.25, 0.3) is 5.69 Å². The van der Waals surface area contributed by atoms with Crippen molar-refractivity contribution < 1.29 is 22.9 Å². The maximum absolute atomic E-state index is 12.0. The van der Waals surface area contributed by atoms with Crippen molar-refractivity contribution in [2.45, 2.75) is 11.5 Å². The molecule has 8 nitrogen and oxygen atoms in total. The first-order valence-electron chi connectivity index (χ1n) is 9.26. The lowest BCUT2D eigenvalue weighted by molar-refractivity contribution is -0.384. The number of hydrogen-bond donors (Lipinski definition) is 1. The van der Waals surface area contributed by atoms with Crippen molar-refractivity contribution in [1.82, 2.24) is 0 Å². The standard InChI is InChI=1S/C22H20N2O6S/c1-31(28,29)19-11-12-20(21(13-19)24(26)27)23-14-22(25)30-15-16-7-9-18(10-8-16)17-5-3-2-4-6-17/h2-13,23H,14-15H2,1H3. The molecule has 0 amide bonds. The number of rotatable bonds is 8. The molecule has 0 aromatic heterocycles. The molecule has 0 spiro atoms. The fourth-order valence-electron chi connectivity index (χ4n) is 2.85. The van der Waals surface area contributed by atoms with Gasteiger partial charge >= 0.3 is 5.97 Å². The van der Waals surface area contributed by atoms with Crippen LogP contribution in [0.4, 0.5) is 11.4 Å². The molecule has 160 valence electrons. The number of sulfone groups is 1. The third-order valence-corrected chi connectivity index (χ3v) is 5.59. The summed E-state index contributed by atoms with van der Waals surface area (Å²) in [4.78, 5) is 22.4. The number of nitrogens with zero attached hydrogens (tertiary/aromatic N) is 1. The minimum Gasteiger partial charge on any atom is -0.460 e. The fraction of sp³-hybridized carbons (Fsp3) is 0.136. The highest BCUT2D eigenvalue weighted by Gasteiger charge is 2.19. The molecule has 9 heteroatoms. The molecule has 0 fully saturated rings. The van der Waals surface area contributed by atoms with Gasteiger partial charge in [0.05, 0.1) is 9.82 Å². The van der Waals surface area contributed by atoms with Crippen molar-refractivity contribution in [1.29, 1.82) is 0 Å². The molecule has 3 aromatic rings. The summed E-state index contributed by atoms with van der Waals surface area (Å²) in [7, 11) is -3.59. The maximum Gasteiger partial charge on any atom is 0.325 e. The number of carbonyl (C=O) groups excluding carboxylic acids is 1. The van der Waals surface area contributed by atoms with Gasteiger partial charge in [0, 0.05) is 12.3 Å². The molecule has 31 heavy (non-hydrogen) atoms. The monoisotopic (exact) mass is 440 g/mol. The van der Waals surface area contributed by atoms with Gasteiger partial charge in [-0.25, -0.2) is 8.42 Å². The van der Waals surface area contributed by atoms with Crippen LogP contribution in [0.3, 0.4) is 0 Å². The summed E-state index contributed by atoms with van der Waals surface area (Å²) < 4.78 is 28.4. The summed E-state index contributed by atoms with van der Waals surface area (Å²) in [5.41, 5.74) is 2.52. The third-order valence-electron chi connectivity index (χ3n) is 4.48. The Morgan fingerprint density at radius 1 is 1.00 bits per heavy atom. The van der Waals surface area contributed by atoms with E-state index in [1.165, 1.54) is 12.1 Å². The first-order chi connectivity index (χ1) is 14.7. The number of hydrogen-bond acceptors (Lipinski definition) is 7. The summed E-state index contributed by atoms with van der Waals surface area (Å²) in [5.74, 6) is -0.603. The molecule has 0 aliphatic heterocycles. The van der Waals surface area contributed by atoms with E-state index in [-0.39, 0.29) is 23.7 Å². The second-order valence-corrected chi connectivity index (χ2v) is 8.80. The van der Waals surface area contributed by atoms with E-state index in [9.17, 15) is 23.3 Å². The van der Waals surface area contributed by atoms with E-state index >= 15 is 0 Å². The van der Waals surface area contributed by atoms with Gasteiger partial charge in [-0.1, -0.05) is 54.6 Å². The Kier molecular flexibility index (Phi) is 6.66. The lowest BCUT2D eigenvalue weighted by Crippen LogP contribution is -2.17. The minimum absolute atomic E-state index is 0.0292. The highest BCUT2D eigenvalue weighted by atomic mass is 32.2. The van der Waals surface area contributed by atoms with Gasteiger partial charge in [-0.15, -0.1) is 0 Å². The van der Waals surface area contributed by atoms with Crippen LogP contribution in [0.2, 0.25) is 0 Å². The number of nitro groups is 1. The van der Waals surface area contributed by atoms with Crippen molar-refractivity contribution in [2.75, 3.05) is 18.1 Å². The molecular weight excluding hydrogens is 420 g/mol. The fourth-order valence-corrected chi connectivity index (χ4v) is 3.49. The van der Waals surface area contributed by atoms with Gasteiger partial charge in [0.1, 0.15) is 18.8 Å². The number of benzene rings is 3. The Morgan fingerprint density at radius 3 is 2.26 bits per heavy atom. The van der Waals surface area contributed by atoms with E-state index in [1.54, 1.807) is 0 Å². The molecule has 3 aromatic carbocycles. The normalized spacial score (nSPS) is 11.0. The van der Waals surface area contributed by atoms with Gasteiger partial charge in [-0.05, 0) is 28.8 Å². The maximum atomic E-state index is 12.0. The van der Waals surface area contributed by atoms with Gasteiger partial charge in [0.15, 0.2) is 9.84 Å². The first-order valence-corrected chi connectivity index (χ1v) is 11.2. The van der Waals surface area contributed by atoms with Gasteiger partial charge in [0.2, 0.25) is 0 Å². The van der Waals surface area contributed by atoms with Crippen LogP contribution < -0.4 is 5.32 Å². The minimum atomic E-state index is -3.59. The predicted octanol–water partition coefficient (Wildman–Crippen LogP) is 3.82. The number of esters is 1. The average Bonchev–Trinajstić information content (AvgIpc) is 2.76. The number of ether oxygens (including phenoxy) is 1. The summed E-state index contributed by atoms with van der Waals surface area (Å²) in [6.45, 7) is -0.244. The number of nitro benzene ring substituents is 1. The van der Waals surface area contributed by atoms with Crippen LogP contribution in [0.25, 0.3) is 11.1 Å². The second kappa shape index (κ2) is 9.40. The van der Waals surface area contributed by atoms with Crippen LogP contribution in [0.1, 0.15) is 5.56 Å². The molecule has 0 heterocycles. The van der Waals surface area contributed by atoms with Crippen LogP contribution in [0.15, 0.2) is 77.7 Å². The van der Waals surface area contributed by atoms with Crippen molar-refractivity contribution in [3.05, 3.63) is 88.5 Å². The summed E-state index contributed by atoms with van der Waals surface area (Å²) in [6, 6.07) is 20.9. The Balaban J connectivity index is 1.57. The van der Waals surface area contributed by atoms with Crippen LogP contribution >= 0.6 is 0 Å². The largest absolute Gasteiger partial charge is 0.460 e. The highest BCUT2D eigenvalue weighted by Crippen LogP contribution is 2.27. The summed E-state index contributed by atoms with van der Waals surface area (Å²) >= 11 is 0. The van der Waals surface area contributed by atoms with Crippen LogP contribution in [-0.4, -0.2) is 32.1 Å².